The Morgan fingerprint density at radius 1 is 1.02 bits per heavy atom. The zero-order chi connectivity index (χ0) is 30.3. The summed E-state index contributed by atoms with van der Waals surface area (Å²) >= 11 is 0. The van der Waals surface area contributed by atoms with E-state index in [1.165, 1.54) is 19.1 Å². The first-order valence-electron chi connectivity index (χ1n) is 14.2. The van der Waals surface area contributed by atoms with Crippen LogP contribution in [0.2, 0.25) is 0 Å². The topological polar surface area (TPSA) is 78.5 Å². The summed E-state index contributed by atoms with van der Waals surface area (Å²) < 4.78 is 46.6. The molecule has 0 spiro atoms. The number of ether oxygens (including phenoxy) is 1. The third-order valence-electron chi connectivity index (χ3n) is 8.29. The van der Waals surface area contributed by atoms with Crippen LogP contribution in [0.25, 0.3) is 11.3 Å². The minimum Gasteiger partial charge on any atom is -0.488 e. The van der Waals surface area contributed by atoms with Gasteiger partial charge in [-0.15, -0.1) is 0 Å². The summed E-state index contributed by atoms with van der Waals surface area (Å²) in [6, 6.07) is 19.6. The van der Waals surface area contributed by atoms with Gasteiger partial charge in [-0.25, -0.2) is 0 Å². The number of carbonyl (C=O) groups is 2. The smallest absolute Gasteiger partial charge is 0.416 e. The number of alkyl halides is 3. The maximum atomic E-state index is 14.0. The Labute approximate surface area is 247 Å². The standard InChI is InChI=1S/C33H31F3N4O3/c1-20-8-13-27(43-19-22-6-4-3-5-7-22)26(18-20)29-28-30(38-37-29)32(42)40(25-14-16-39(17-15-25)21(2)41)31(28)23-9-11-24(12-10-23)33(34,35)36/h3-13,18,25,31H,14-17,19H2,1-2H3,(H,37,38). The molecule has 1 atom stereocenters. The Morgan fingerprint density at radius 3 is 2.37 bits per heavy atom. The first kappa shape index (κ1) is 28.5. The fraction of sp³-hybridized carbons (Fsp3) is 0.303. The first-order chi connectivity index (χ1) is 20.6. The van der Waals surface area contributed by atoms with Gasteiger partial charge in [0.05, 0.1) is 11.6 Å². The molecule has 6 rings (SSSR count). The fourth-order valence-electron chi connectivity index (χ4n) is 6.08. The molecule has 2 amide bonds. The van der Waals surface area contributed by atoms with Gasteiger partial charge in [-0.1, -0.05) is 54.1 Å². The van der Waals surface area contributed by atoms with Crippen molar-refractivity contribution in [1.29, 1.82) is 0 Å². The van der Waals surface area contributed by atoms with E-state index in [-0.39, 0.29) is 17.9 Å². The second kappa shape index (κ2) is 11.2. The van der Waals surface area contributed by atoms with Crippen LogP contribution in [0.3, 0.4) is 0 Å². The van der Waals surface area contributed by atoms with Crippen LogP contribution in [-0.4, -0.2) is 50.9 Å². The maximum Gasteiger partial charge on any atom is 0.416 e. The van der Waals surface area contributed by atoms with E-state index in [0.29, 0.717) is 66.4 Å². The summed E-state index contributed by atoms with van der Waals surface area (Å²) in [5.41, 5.74) is 3.86. The molecule has 43 heavy (non-hydrogen) atoms. The molecular weight excluding hydrogens is 557 g/mol. The number of aromatic amines is 1. The Balaban J connectivity index is 1.43. The number of halogens is 3. The largest absolute Gasteiger partial charge is 0.488 e. The van der Waals surface area contributed by atoms with Gasteiger partial charge >= 0.3 is 6.18 Å². The molecule has 3 heterocycles. The highest BCUT2D eigenvalue weighted by Crippen LogP contribution is 2.47. The monoisotopic (exact) mass is 588 g/mol. The SMILES string of the molecule is CC(=O)N1CCC(N2C(=O)c3[nH]nc(-c4cc(C)ccc4OCc4ccccc4)c3C2c2ccc(C(F)(F)F)cc2)CC1. The van der Waals surface area contributed by atoms with Crippen molar-refractivity contribution in [3.8, 4) is 17.0 Å². The molecule has 0 radical (unpaired) electrons. The van der Waals surface area contributed by atoms with Gasteiger partial charge in [0.25, 0.3) is 5.91 Å². The molecule has 222 valence electrons. The van der Waals surface area contributed by atoms with Crippen LogP contribution in [0.15, 0.2) is 72.8 Å². The van der Waals surface area contributed by atoms with Crippen molar-refractivity contribution in [3.63, 3.8) is 0 Å². The van der Waals surface area contributed by atoms with E-state index in [1.54, 1.807) is 9.80 Å². The van der Waals surface area contributed by atoms with Crippen LogP contribution in [0.1, 0.15) is 64.1 Å². The zero-order valence-electron chi connectivity index (χ0n) is 23.8. The number of hydrogen-bond acceptors (Lipinski definition) is 4. The number of benzene rings is 3. The number of piperidine rings is 1. The van der Waals surface area contributed by atoms with E-state index in [0.717, 1.165) is 23.3 Å². The quantitative estimate of drug-likeness (QED) is 0.278. The molecule has 2 aliphatic heterocycles. The lowest BCUT2D eigenvalue weighted by Gasteiger charge is -2.39. The highest BCUT2D eigenvalue weighted by molar-refractivity contribution is 6.00. The predicted molar refractivity (Wildman–Crippen MR) is 154 cm³/mol. The fourth-order valence-corrected chi connectivity index (χ4v) is 6.08. The number of carbonyl (C=O) groups excluding carboxylic acids is 2. The molecule has 0 bridgehead atoms. The van der Waals surface area contributed by atoms with E-state index >= 15 is 0 Å². The second-order valence-corrected chi connectivity index (χ2v) is 11.1. The molecule has 1 saturated heterocycles. The van der Waals surface area contributed by atoms with Crippen molar-refractivity contribution in [1.82, 2.24) is 20.0 Å². The van der Waals surface area contributed by atoms with Gasteiger partial charge < -0.3 is 14.5 Å². The second-order valence-electron chi connectivity index (χ2n) is 11.1. The molecule has 1 N–H and O–H groups in total. The molecule has 3 aromatic carbocycles. The van der Waals surface area contributed by atoms with Crippen LogP contribution in [0, 0.1) is 6.92 Å². The Bertz CT molecular complexity index is 1640. The van der Waals surface area contributed by atoms with E-state index in [9.17, 15) is 22.8 Å². The van der Waals surface area contributed by atoms with Gasteiger partial charge in [0.15, 0.2) is 0 Å². The highest BCUT2D eigenvalue weighted by Gasteiger charge is 2.46. The van der Waals surface area contributed by atoms with Crippen LogP contribution < -0.4 is 4.74 Å². The predicted octanol–water partition coefficient (Wildman–Crippen LogP) is 6.54. The third-order valence-corrected chi connectivity index (χ3v) is 8.29. The van der Waals surface area contributed by atoms with E-state index in [1.807, 2.05) is 55.5 Å². The average Bonchev–Trinajstić information content (AvgIpc) is 3.55. The minimum absolute atomic E-state index is 0.0235. The number of nitrogens with zero attached hydrogens (tertiary/aromatic N) is 3. The number of rotatable bonds is 6. The summed E-state index contributed by atoms with van der Waals surface area (Å²) in [7, 11) is 0. The maximum absolute atomic E-state index is 14.0. The van der Waals surface area contributed by atoms with Crippen molar-refractivity contribution < 1.29 is 27.5 Å². The lowest BCUT2D eigenvalue weighted by Crippen LogP contribution is -2.47. The average molecular weight is 589 g/mol. The van der Waals surface area contributed by atoms with E-state index < -0.39 is 17.8 Å². The number of likely N-dealkylation sites (tertiary alicyclic amines) is 1. The van der Waals surface area contributed by atoms with E-state index in [4.69, 9.17) is 4.74 Å². The van der Waals surface area contributed by atoms with Gasteiger partial charge in [-0.3, -0.25) is 14.7 Å². The number of aromatic nitrogens is 2. The van der Waals surface area contributed by atoms with Gasteiger partial charge in [0.2, 0.25) is 5.91 Å². The van der Waals surface area contributed by atoms with Crippen molar-refractivity contribution in [2.75, 3.05) is 13.1 Å². The lowest BCUT2D eigenvalue weighted by atomic mass is 9.92. The number of hydrogen-bond donors (Lipinski definition) is 1. The van der Waals surface area contributed by atoms with Gasteiger partial charge in [-0.2, -0.15) is 18.3 Å². The summed E-state index contributed by atoms with van der Waals surface area (Å²) in [5, 5.41) is 7.52. The summed E-state index contributed by atoms with van der Waals surface area (Å²) in [6.45, 7) is 4.79. The molecule has 1 fully saturated rings. The van der Waals surface area contributed by atoms with Gasteiger partial charge in [0.1, 0.15) is 23.7 Å². The Hall–Kier alpha value is -4.60. The zero-order valence-corrected chi connectivity index (χ0v) is 23.8. The molecule has 4 aromatic rings. The van der Waals surface area contributed by atoms with Crippen LogP contribution in [0.5, 0.6) is 5.75 Å². The normalized spacial score (nSPS) is 17.3. The highest BCUT2D eigenvalue weighted by atomic mass is 19.4. The van der Waals surface area contributed by atoms with Crippen molar-refractivity contribution >= 4 is 11.8 Å². The van der Waals surface area contributed by atoms with Crippen LogP contribution in [0.4, 0.5) is 13.2 Å². The molecule has 7 nitrogen and oxygen atoms in total. The number of fused-ring (bicyclic) bond motifs is 1. The number of aryl methyl sites for hydroxylation is 1. The van der Waals surface area contributed by atoms with Crippen LogP contribution >= 0.6 is 0 Å². The van der Waals surface area contributed by atoms with E-state index in [2.05, 4.69) is 10.2 Å². The Morgan fingerprint density at radius 2 is 1.72 bits per heavy atom. The number of nitrogens with one attached hydrogen (secondary N) is 1. The summed E-state index contributed by atoms with van der Waals surface area (Å²) in [6.07, 6.45) is -3.36. The van der Waals surface area contributed by atoms with Gasteiger partial charge in [-0.05, 0) is 55.2 Å². The van der Waals surface area contributed by atoms with Crippen LogP contribution in [-0.2, 0) is 17.6 Å². The summed E-state index contributed by atoms with van der Waals surface area (Å²) in [4.78, 5) is 29.5. The molecular formula is C33H31F3N4O3. The molecule has 0 saturated carbocycles. The van der Waals surface area contributed by atoms with Gasteiger partial charge in [0, 0.05) is 37.2 Å². The lowest BCUT2D eigenvalue weighted by molar-refractivity contribution is -0.137. The van der Waals surface area contributed by atoms with Crippen molar-refractivity contribution in [2.45, 2.75) is 51.6 Å². The molecule has 1 aromatic heterocycles. The molecule has 0 aliphatic carbocycles. The summed E-state index contributed by atoms with van der Waals surface area (Å²) in [5.74, 6) is 0.291. The number of amides is 2. The minimum atomic E-state index is -4.48. The van der Waals surface area contributed by atoms with Crippen molar-refractivity contribution in [2.24, 2.45) is 0 Å². The Kier molecular flexibility index (Phi) is 7.45. The molecule has 2 aliphatic rings. The van der Waals surface area contributed by atoms with Crippen molar-refractivity contribution in [3.05, 3.63) is 106 Å². The third kappa shape index (κ3) is 5.49. The molecule has 10 heteroatoms. The number of H-pyrrole nitrogens is 1. The molecule has 1 unspecified atom stereocenters. The first-order valence-corrected chi connectivity index (χ1v) is 14.2.